The zero-order valence-corrected chi connectivity index (χ0v) is 29.9. The molecule has 0 fully saturated rings. The summed E-state index contributed by atoms with van der Waals surface area (Å²) in [6.07, 6.45) is 6.40. The molecule has 262 valence electrons. The van der Waals surface area contributed by atoms with Gasteiger partial charge in [-0.1, -0.05) is 88.1 Å². The number of aliphatic carboxylic acids is 1. The quantitative estimate of drug-likeness (QED) is 0.136. The highest BCUT2D eigenvalue weighted by molar-refractivity contribution is 8.00. The van der Waals surface area contributed by atoms with Crippen LogP contribution in [0.1, 0.15) is 70.4 Å². The number of carbonyl (C=O) groups is 4. The number of unbranched alkanes of at least 4 members (excludes halogenated alkanes) is 2. The van der Waals surface area contributed by atoms with Crippen molar-refractivity contribution in [3.8, 4) is 5.75 Å². The van der Waals surface area contributed by atoms with Gasteiger partial charge in [0.25, 0.3) is 5.91 Å². The summed E-state index contributed by atoms with van der Waals surface area (Å²) in [5.74, 6) is -1.90. The standard InChI is InChI=1S/C37H45N3O7S2/c1-4-6-19-37(20-7-5-2)25-40(27-16-12-9-13-17-27)28-22-30(48-3)29(23-31(28)49(46)36(37)45)47-24-32(41)39-34(26-14-10-8-11-15-26)35(44)38-21-18-33(42)43/h8-17,22-23,34H,4-7,18-21,24-25H2,1-3H3,(H,38,44)(H,39,41)(H,42,43)/t34-,49?/m1/s1. The van der Waals surface area contributed by atoms with Gasteiger partial charge in [0.2, 0.25) is 11.0 Å². The maximum atomic E-state index is 14.3. The number of anilines is 2. The zero-order chi connectivity index (χ0) is 35.4. The summed E-state index contributed by atoms with van der Waals surface area (Å²) >= 11 is 1.40. The van der Waals surface area contributed by atoms with Crippen molar-refractivity contribution in [2.24, 2.45) is 5.41 Å². The van der Waals surface area contributed by atoms with E-state index in [1.54, 1.807) is 36.4 Å². The van der Waals surface area contributed by atoms with Gasteiger partial charge in [0.15, 0.2) is 6.61 Å². The van der Waals surface area contributed by atoms with Crippen molar-refractivity contribution in [1.82, 2.24) is 10.6 Å². The van der Waals surface area contributed by atoms with Crippen LogP contribution >= 0.6 is 11.8 Å². The Kier molecular flexibility index (Phi) is 13.8. The maximum absolute atomic E-state index is 14.3. The molecule has 1 aliphatic heterocycles. The third-order valence-electron chi connectivity index (χ3n) is 8.58. The van der Waals surface area contributed by atoms with Crippen LogP contribution < -0.4 is 20.3 Å². The van der Waals surface area contributed by atoms with Gasteiger partial charge in [-0.15, -0.1) is 11.8 Å². The van der Waals surface area contributed by atoms with Crippen LogP contribution in [0, 0.1) is 5.41 Å². The number of amides is 2. The van der Waals surface area contributed by atoms with Crippen molar-refractivity contribution < 1.29 is 33.2 Å². The average molecular weight is 708 g/mol. The Labute approximate surface area is 294 Å². The van der Waals surface area contributed by atoms with Gasteiger partial charge in [-0.05, 0) is 42.9 Å². The Morgan fingerprint density at radius 3 is 2.22 bits per heavy atom. The second-order valence-electron chi connectivity index (χ2n) is 12.1. The number of benzene rings is 3. The lowest BCUT2D eigenvalue weighted by molar-refractivity contribution is -0.137. The molecule has 3 N–H and O–H groups in total. The predicted octanol–water partition coefficient (Wildman–Crippen LogP) is 6.39. The number of ether oxygens (including phenoxy) is 1. The Hall–Kier alpha value is -4.16. The first-order valence-corrected chi connectivity index (χ1v) is 19.0. The molecule has 1 aliphatic rings. The minimum absolute atomic E-state index is 0.0931. The van der Waals surface area contributed by atoms with E-state index in [-0.39, 0.29) is 18.1 Å². The third kappa shape index (κ3) is 9.51. The van der Waals surface area contributed by atoms with Crippen molar-refractivity contribution in [2.45, 2.75) is 74.6 Å². The van der Waals surface area contributed by atoms with Crippen LogP contribution in [-0.4, -0.2) is 58.2 Å². The summed E-state index contributed by atoms with van der Waals surface area (Å²) in [5.41, 5.74) is 1.27. The van der Waals surface area contributed by atoms with Crippen molar-refractivity contribution in [2.75, 3.05) is 30.9 Å². The lowest BCUT2D eigenvalue weighted by Gasteiger charge is -2.36. The molecule has 0 aliphatic carbocycles. The van der Waals surface area contributed by atoms with E-state index >= 15 is 0 Å². The number of carbonyl (C=O) groups excluding carboxylic acids is 3. The van der Waals surface area contributed by atoms with E-state index in [0.717, 1.165) is 31.4 Å². The molecule has 4 rings (SSSR count). The van der Waals surface area contributed by atoms with Crippen molar-refractivity contribution in [3.05, 3.63) is 78.4 Å². The van der Waals surface area contributed by atoms with Crippen LogP contribution in [0.5, 0.6) is 5.75 Å². The van der Waals surface area contributed by atoms with Gasteiger partial charge in [0.1, 0.15) is 22.6 Å². The monoisotopic (exact) mass is 707 g/mol. The normalized spacial score (nSPS) is 15.9. The van der Waals surface area contributed by atoms with Gasteiger partial charge in [-0.25, -0.2) is 4.21 Å². The molecular weight excluding hydrogens is 663 g/mol. The molecule has 2 amide bonds. The van der Waals surface area contributed by atoms with E-state index in [2.05, 4.69) is 29.4 Å². The SMILES string of the molecule is CCCCC1(CCCC)CN(c2ccccc2)c2cc(SC)c(OCC(=O)N[C@@H](C(=O)NCCC(=O)O)c3ccccc3)cc2S(=O)C1=O. The van der Waals surface area contributed by atoms with Crippen molar-refractivity contribution in [3.63, 3.8) is 0 Å². The molecule has 49 heavy (non-hydrogen) atoms. The second-order valence-corrected chi connectivity index (χ2v) is 14.3. The van der Waals surface area contributed by atoms with E-state index in [1.807, 2.05) is 42.7 Å². The Balaban J connectivity index is 1.66. The lowest BCUT2D eigenvalue weighted by atomic mass is 9.78. The van der Waals surface area contributed by atoms with Gasteiger partial charge < -0.3 is 25.4 Å². The van der Waals surface area contributed by atoms with Crippen LogP contribution in [0.25, 0.3) is 0 Å². The fraction of sp³-hybridized carbons (Fsp3) is 0.405. The smallest absolute Gasteiger partial charge is 0.305 e. The van der Waals surface area contributed by atoms with Crippen molar-refractivity contribution in [1.29, 1.82) is 0 Å². The Morgan fingerprint density at radius 2 is 1.63 bits per heavy atom. The number of rotatable bonds is 17. The van der Waals surface area contributed by atoms with Gasteiger partial charge in [-0.2, -0.15) is 0 Å². The summed E-state index contributed by atoms with van der Waals surface area (Å²) in [4.78, 5) is 54.6. The number of carboxylic acids is 1. The fourth-order valence-corrected chi connectivity index (χ4v) is 7.94. The molecule has 0 radical (unpaired) electrons. The maximum Gasteiger partial charge on any atom is 0.305 e. The Morgan fingerprint density at radius 1 is 1.00 bits per heavy atom. The molecular formula is C37H45N3O7S2. The van der Waals surface area contributed by atoms with Crippen LogP contribution in [-0.2, 0) is 30.0 Å². The molecule has 0 spiro atoms. The molecule has 0 aromatic heterocycles. The summed E-state index contributed by atoms with van der Waals surface area (Å²) in [7, 11) is -2.00. The van der Waals surface area contributed by atoms with Gasteiger partial charge >= 0.3 is 5.97 Å². The number of para-hydroxylation sites is 1. The molecule has 1 unspecified atom stereocenters. The number of nitrogens with one attached hydrogen (secondary N) is 2. The number of fused-ring (bicyclic) bond motifs is 1. The Bertz CT molecular complexity index is 1630. The number of hydrogen-bond acceptors (Lipinski definition) is 8. The molecule has 3 aromatic rings. The summed E-state index contributed by atoms with van der Waals surface area (Å²) in [5, 5.41) is 13.9. The molecule has 10 nitrogen and oxygen atoms in total. The lowest BCUT2D eigenvalue weighted by Crippen LogP contribution is -2.42. The van der Waals surface area contributed by atoms with E-state index in [0.29, 0.717) is 46.2 Å². The first-order chi connectivity index (χ1) is 23.6. The molecule has 1 heterocycles. The summed E-state index contributed by atoms with van der Waals surface area (Å²) < 4.78 is 20.3. The highest BCUT2D eigenvalue weighted by Crippen LogP contribution is 2.47. The third-order valence-corrected chi connectivity index (χ3v) is 10.8. The average Bonchev–Trinajstić information content (AvgIpc) is 3.20. The number of thioether (sulfide) groups is 1. The highest BCUT2D eigenvalue weighted by atomic mass is 32.2. The zero-order valence-electron chi connectivity index (χ0n) is 28.2. The predicted molar refractivity (Wildman–Crippen MR) is 193 cm³/mol. The van der Waals surface area contributed by atoms with Crippen LogP contribution in [0.3, 0.4) is 0 Å². The number of carboxylic acid groups (broad SMARTS) is 1. The van der Waals surface area contributed by atoms with Gasteiger partial charge in [-0.3, -0.25) is 19.2 Å². The van der Waals surface area contributed by atoms with E-state index in [1.165, 1.54) is 11.8 Å². The van der Waals surface area contributed by atoms with Crippen molar-refractivity contribution >= 4 is 56.8 Å². The van der Waals surface area contributed by atoms with E-state index < -0.39 is 46.6 Å². The number of nitrogens with zero attached hydrogens (tertiary/aromatic N) is 1. The van der Waals surface area contributed by atoms with Gasteiger partial charge in [0, 0.05) is 24.8 Å². The molecule has 0 saturated heterocycles. The first kappa shape index (κ1) is 37.7. The number of hydrogen-bond donors (Lipinski definition) is 3. The minimum Gasteiger partial charge on any atom is -0.483 e. The molecule has 3 aromatic carbocycles. The molecule has 0 bridgehead atoms. The molecule has 2 atom stereocenters. The van der Waals surface area contributed by atoms with E-state index in [4.69, 9.17) is 9.84 Å². The molecule has 12 heteroatoms. The van der Waals surface area contributed by atoms with Gasteiger partial charge in [0.05, 0.1) is 27.3 Å². The minimum atomic E-state index is -2.00. The van der Waals surface area contributed by atoms with Crippen LogP contribution in [0.4, 0.5) is 11.4 Å². The van der Waals surface area contributed by atoms with E-state index in [9.17, 15) is 23.4 Å². The molecule has 0 saturated carbocycles. The fourth-order valence-electron chi connectivity index (χ4n) is 5.95. The highest BCUT2D eigenvalue weighted by Gasteiger charge is 2.46. The second kappa shape index (κ2) is 18.0. The first-order valence-electron chi connectivity index (χ1n) is 16.6. The topological polar surface area (TPSA) is 142 Å². The summed E-state index contributed by atoms with van der Waals surface area (Å²) in [6, 6.07) is 20.8. The van der Waals surface area contributed by atoms with Crippen LogP contribution in [0.2, 0.25) is 0 Å². The summed E-state index contributed by atoms with van der Waals surface area (Å²) in [6.45, 7) is 4.03. The van der Waals surface area contributed by atoms with Crippen LogP contribution in [0.15, 0.2) is 82.6 Å². The largest absolute Gasteiger partial charge is 0.483 e.